The summed E-state index contributed by atoms with van der Waals surface area (Å²) in [4.78, 5) is 27.5. The number of phenols is 4. The lowest BCUT2D eigenvalue weighted by molar-refractivity contribution is -0.355. The van der Waals surface area contributed by atoms with Crippen molar-refractivity contribution in [3.8, 4) is 51.6 Å². The molecule has 3 heterocycles. The number of carbonyl (C=O) groups is 1. The minimum atomic E-state index is -2.00. The Kier molecular flexibility index (Phi) is 13.9. The van der Waals surface area contributed by atoms with Crippen molar-refractivity contribution in [1.82, 2.24) is 0 Å². The summed E-state index contributed by atoms with van der Waals surface area (Å²) in [7, 11) is 0. The number of aromatic hydroxyl groups is 4. The van der Waals surface area contributed by atoms with Gasteiger partial charge < -0.3 is 99.2 Å². The van der Waals surface area contributed by atoms with Crippen LogP contribution in [0.15, 0.2) is 63.8 Å². The van der Waals surface area contributed by atoms with E-state index in [-0.39, 0.29) is 28.9 Å². The Bertz CT molecular complexity index is 2450. The van der Waals surface area contributed by atoms with Gasteiger partial charge in [-0.2, -0.15) is 0 Å². The van der Waals surface area contributed by atoms with Crippen LogP contribution in [0.4, 0.5) is 0 Å². The number of carbonyl (C=O) groups excluding carboxylic acids is 1. The Morgan fingerprint density at radius 3 is 2.14 bits per heavy atom. The van der Waals surface area contributed by atoms with E-state index in [1.807, 2.05) is 0 Å². The molecule has 1 saturated carbocycles. The third kappa shape index (κ3) is 9.56. The van der Waals surface area contributed by atoms with Gasteiger partial charge in [0.15, 0.2) is 41.2 Å². The van der Waals surface area contributed by atoms with Gasteiger partial charge in [-0.05, 0) is 61.2 Å². The molecule has 0 radical (unpaired) electrons. The van der Waals surface area contributed by atoms with Gasteiger partial charge in [0.05, 0.1) is 18.8 Å². The third-order valence-corrected chi connectivity index (χ3v) is 11.5. The van der Waals surface area contributed by atoms with Crippen LogP contribution >= 0.6 is 0 Å². The van der Waals surface area contributed by atoms with Crippen LogP contribution in [-0.4, -0.2) is 165 Å². The maximum absolute atomic E-state index is 14.6. The van der Waals surface area contributed by atoms with Crippen molar-refractivity contribution < 1.29 is 104 Å². The molecule has 22 heteroatoms. The molecule has 3 fully saturated rings. The van der Waals surface area contributed by atoms with Gasteiger partial charge in [-0.3, -0.25) is 4.79 Å². The monoisotopic (exact) mass is 916 g/mol. The minimum Gasteiger partial charge on any atom is -0.507 e. The molecule has 22 nitrogen and oxygen atoms in total. The van der Waals surface area contributed by atoms with Crippen molar-refractivity contribution in [2.75, 3.05) is 6.61 Å². The van der Waals surface area contributed by atoms with Crippen LogP contribution in [0, 0.1) is 5.92 Å². The Morgan fingerprint density at radius 1 is 0.723 bits per heavy atom. The van der Waals surface area contributed by atoms with Crippen molar-refractivity contribution in [1.29, 1.82) is 0 Å². The number of hydrogen-bond donors (Lipinski definition) is 13. The summed E-state index contributed by atoms with van der Waals surface area (Å²) in [6.45, 7) is 2.10. The topological polar surface area (TPSA) is 366 Å². The molecule has 352 valence electrons. The fourth-order valence-electron chi connectivity index (χ4n) is 7.70. The van der Waals surface area contributed by atoms with Crippen LogP contribution in [0.5, 0.6) is 40.2 Å². The van der Waals surface area contributed by atoms with E-state index < -0.39 is 155 Å². The first kappa shape index (κ1) is 47.4. The molecule has 7 rings (SSSR count). The number of hydrogen-bond acceptors (Lipinski definition) is 22. The molecule has 0 spiro atoms. The van der Waals surface area contributed by atoms with E-state index in [2.05, 4.69) is 0 Å². The summed E-state index contributed by atoms with van der Waals surface area (Å²) < 4.78 is 40.6. The van der Waals surface area contributed by atoms with Crippen LogP contribution in [0.1, 0.15) is 25.8 Å². The second-order valence-corrected chi connectivity index (χ2v) is 16.0. The van der Waals surface area contributed by atoms with E-state index in [1.165, 1.54) is 31.2 Å². The Morgan fingerprint density at radius 2 is 1.43 bits per heavy atom. The quantitative estimate of drug-likeness (QED) is 0.0364. The van der Waals surface area contributed by atoms with E-state index in [9.17, 15) is 76.0 Å². The van der Waals surface area contributed by atoms with E-state index >= 15 is 0 Å². The average Bonchev–Trinajstić information content (AvgIpc) is 3.27. The molecule has 13 N–H and O–H groups in total. The molecule has 3 aliphatic rings. The van der Waals surface area contributed by atoms with Gasteiger partial charge in [-0.1, -0.05) is 13.0 Å². The van der Waals surface area contributed by atoms with Crippen LogP contribution in [0.2, 0.25) is 0 Å². The van der Waals surface area contributed by atoms with Gasteiger partial charge in [0, 0.05) is 23.8 Å². The first-order chi connectivity index (χ1) is 30.8. The van der Waals surface area contributed by atoms with Crippen molar-refractivity contribution in [3.05, 3.63) is 70.4 Å². The lowest BCUT2D eigenvalue weighted by Crippen LogP contribution is -2.64. The molecule has 1 aromatic heterocycles. The Balaban J connectivity index is 1.30. The predicted octanol–water partition coefficient (Wildman–Crippen LogP) is -1.20. The molecule has 0 bridgehead atoms. The highest BCUT2D eigenvalue weighted by Gasteiger charge is 2.51. The number of esters is 1. The van der Waals surface area contributed by atoms with Gasteiger partial charge in [0.25, 0.3) is 0 Å². The number of aliphatic hydroxyl groups excluding tert-OH is 9. The summed E-state index contributed by atoms with van der Waals surface area (Å²) in [5, 5.41) is 135. The van der Waals surface area contributed by atoms with E-state index in [0.29, 0.717) is 0 Å². The normalized spacial score (nSPS) is 32.9. The third-order valence-electron chi connectivity index (χ3n) is 11.5. The highest BCUT2D eigenvalue weighted by atomic mass is 16.8. The maximum Gasteiger partial charge on any atom is 0.336 e. The molecule has 1 aliphatic carbocycles. The highest BCUT2D eigenvalue weighted by Crippen LogP contribution is 2.41. The van der Waals surface area contributed by atoms with Crippen LogP contribution in [0.3, 0.4) is 0 Å². The molecule has 2 saturated heterocycles. The smallest absolute Gasteiger partial charge is 0.336 e. The fraction of sp³-hybridized carbons (Fsp3) is 0.442. The molecule has 4 aromatic rings. The van der Waals surface area contributed by atoms with E-state index in [4.69, 9.17) is 32.8 Å². The molecule has 15 atom stereocenters. The zero-order valence-corrected chi connectivity index (χ0v) is 34.3. The average molecular weight is 917 g/mol. The lowest BCUT2D eigenvalue weighted by atomic mass is 9.82. The summed E-state index contributed by atoms with van der Waals surface area (Å²) in [5.74, 6) is -5.73. The van der Waals surface area contributed by atoms with Crippen molar-refractivity contribution in [2.24, 2.45) is 5.92 Å². The van der Waals surface area contributed by atoms with Crippen LogP contribution in [-0.2, 0) is 19.0 Å². The summed E-state index contributed by atoms with van der Waals surface area (Å²) in [5.41, 5.74) is -1.36. The molecular formula is C43H48O22. The largest absolute Gasteiger partial charge is 0.507 e. The summed E-state index contributed by atoms with van der Waals surface area (Å²) in [6, 6.07) is 9.22. The van der Waals surface area contributed by atoms with Crippen molar-refractivity contribution in [3.63, 3.8) is 0 Å². The fourth-order valence-corrected chi connectivity index (χ4v) is 7.70. The highest BCUT2D eigenvalue weighted by molar-refractivity contribution is 5.90. The Labute approximate surface area is 367 Å². The first-order valence-electron chi connectivity index (χ1n) is 20.2. The number of phenolic OH excluding ortho intramolecular Hbond substituents is 4. The maximum atomic E-state index is 14.6. The lowest BCUT2D eigenvalue weighted by Gasteiger charge is -2.45. The molecule has 0 amide bonds. The molecular weight excluding hydrogens is 868 g/mol. The number of benzene rings is 3. The zero-order valence-electron chi connectivity index (χ0n) is 34.3. The molecule has 3 aromatic carbocycles. The van der Waals surface area contributed by atoms with Crippen molar-refractivity contribution >= 4 is 23.0 Å². The van der Waals surface area contributed by atoms with Gasteiger partial charge >= 0.3 is 5.97 Å². The minimum absolute atomic E-state index is 0.0640. The second kappa shape index (κ2) is 19.1. The number of fused-ring (bicyclic) bond motifs is 1. The van der Waals surface area contributed by atoms with Crippen LogP contribution < -0.4 is 19.6 Å². The second-order valence-electron chi connectivity index (χ2n) is 16.0. The van der Waals surface area contributed by atoms with Crippen molar-refractivity contribution in [2.45, 2.75) is 106 Å². The van der Waals surface area contributed by atoms with Gasteiger partial charge in [0.1, 0.15) is 77.4 Å². The Hall–Kier alpha value is -5.60. The summed E-state index contributed by atoms with van der Waals surface area (Å²) in [6.07, 6.45) is -21.1. The molecule has 2 aliphatic heterocycles. The van der Waals surface area contributed by atoms with Crippen LogP contribution in [0.25, 0.3) is 28.4 Å². The standard InChI is InChI=1S/C43H48O22/c1-15-9-26(32(52)35(55)30(15)50)60-19-12-23(48)29-25(13-19)62-39(18-5-7-21(46)24(11-18)61-28(49)8-4-17-3-6-20(45)22(47)10-17)40(34(29)54)64-43-41(37(57)31(51)16(2)59-43)65-42-38(58)36(56)33(53)27(14-44)63-42/h3-8,10-13,15-16,26-27,30-33,35-38,41-48,50-53,55-58H,9,14H2,1-2H3/b8-4+/t15?,16?,26?,27?,30?,31?,32?,33-,35?,36+,37?,38?,41?,42+,43?/m1/s1. The number of aliphatic hydroxyl groups is 9. The van der Waals surface area contributed by atoms with E-state index in [1.54, 1.807) is 6.92 Å². The predicted molar refractivity (Wildman–Crippen MR) is 218 cm³/mol. The summed E-state index contributed by atoms with van der Waals surface area (Å²) >= 11 is 0. The number of rotatable bonds is 11. The SMILES string of the molecule is CC1CC(Oc2cc(O)c3c(=O)c(OC4OC(C)C(O)C(O)C4O[C@@H]4OC(CO)[C@@H](O)[C@H](O)C4O)c(-c4ccc(O)c(OC(=O)/C=C/c5ccc(O)c(O)c5)c4)oc3c2)C(O)C(O)C1O. The number of ether oxygens (including phenoxy) is 6. The molecule has 12 unspecified atom stereocenters. The first-order valence-corrected chi connectivity index (χ1v) is 20.2. The van der Waals surface area contributed by atoms with Gasteiger partial charge in [0.2, 0.25) is 17.5 Å². The van der Waals surface area contributed by atoms with Gasteiger partial charge in [-0.15, -0.1) is 0 Å². The van der Waals surface area contributed by atoms with E-state index in [0.717, 1.165) is 36.4 Å². The zero-order chi connectivity index (χ0) is 47.2. The van der Waals surface area contributed by atoms with Gasteiger partial charge in [-0.25, -0.2) is 4.79 Å². The molecule has 65 heavy (non-hydrogen) atoms.